The zero-order chi connectivity index (χ0) is 11.5. The largest absolute Gasteiger partial charge is 0.366 e. The molecule has 0 fully saturated rings. The van der Waals surface area contributed by atoms with Crippen molar-refractivity contribution in [1.29, 1.82) is 0 Å². The van der Waals surface area contributed by atoms with Crippen LogP contribution in [0.25, 0.3) is 11.4 Å². The van der Waals surface area contributed by atoms with E-state index >= 15 is 0 Å². The van der Waals surface area contributed by atoms with Crippen LogP contribution in [0.15, 0.2) is 28.8 Å². The summed E-state index contributed by atoms with van der Waals surface area (Å²) in [5, 5.41) is 3.82. The average Bonchev–Trinajstić information content (AvgIpc) is 2.77. The standard InChI is InChI=1S/C11H11N3O2/c1-2-9-13-11(14-16-9)8-5-3-4-7(6-8)10(12)15/h3-6H,2H2,1H3,(H2,12,15). The molecule has 5 heteroatoms. The molecule has 0 spiro atoms. The highest BCUT2D eigenvalue weighted by molar-refractivity contribution is 5.93. The predicted octanol–water partition coefficient (Wildman–Crippen LogP) is 1.40. The van der Waals surface area contributed by atoms with E-state index in [1.165, 1.54) is 0 Å². The molecule has 16 heavy (non-hydrogen) atoms. The molecule has 2 rings (SSSR count). The second-order valence-electron chi connectivity index (χ2n) is 3.31. The molecule has 0 saturated heterocycles. The van der Waals surface area contributed by atoms with Crippen molar-refractivity contribution in [2.75, 3.05) is 0 Å². The molecule has 1 amide bonds. The molecule has 0 radical (unpaired) electrons. The van der Waals surface area contributed by atoms with Gasteiger partial charge < -0.3 is 10.3 Å². The maximum Gasteiger partial charge on any atom is 0.248 e. The smallest absolute Gasteiger partial charge is 0.248 e. The monoisotopic (exact) mass is 217 g/mol. The molecule has 0 atom stereocenters. The van der Waals surface area contributed by atoms with E-state index in [1.54, 1.807) is 24.3 Å². The van der Waals surface area contributed by atoms with E-state index in [9.17, 15) is 4.79 Å². The van der Waals surface area contributed by atoms with Crippen LogP contribution in [-0.4, -0.2) is 16.0 Å². The first-order chi connectivity index (χ1) is 7.70. The molecule has 0 unspecified atom stereocenters. The minimum Gasteiger partial charge on any atom is -0.366 e. The number of hydrogen-bond acceptors (Lipinski definition) is 4. The summed E-state index contributed by atoms with van der Waals surface area (Å²) in [6.07, 6.45) is 0.683. The van der Waals surface area contributed by atoms with Crippen LogP contribution in [0.2, 0.25) is 0 Å². The highest BCUT2D eigenvalue weighted by atomic mass is 16.5. The van der Waals surface area contributed by atoms with Gasteiger partial charge in [-0.05, 0) is 12.1 Å². The van der Waals surface area contributed by atoms with Crippen LogP contribution in [0.1, 0.15) is 23.2 Å². The lowest BCUT2D eigenvalue weighted by atomic mass is 10.1. The Labute approximate surface area is 92.3 Å². The van der Waals surface area contributed by atoms with Crippen LogP contribution in [0.4, 0.5) is 0 Å². The van der Waals surface area contributed by atoms with Crippen molar-refractivity contribution in [2.45, 2.75) is 13.3 Å². The number of rotatable bonds is 3. The number of nitrogens with two attached hydrogens (primary N) is 1. The quantitative estimate of drug-likeness (QED) is 0.842. The number of aromatic nitrogens is 2. The molecule has 1 heterocycles. The van der Waals surface area contributed by atoms with Crippen LogP contribution < -0.4 is 5.73 Å². The van der Waals surface area contributed by atoms with Gasteiger partial charge in [-0.25, -0.2) is 0 Å². The minimum atomic E-state index is -0.471. The average molecular weight is 217 g/mol. The number of aryl methyl sites for hydroxylation is 1. The van der Waals surface area contributed by atoms with Gasteiger partial charge in [0.2, 0.25) is 17.6 Å². The number of carbonyl (C=O) groups is 1. The van der Waals surface area contributed by atoms with Crippen LogP contribution in [0.3, 0.4) is 0 Å². The summed E-state index contributed by atoms with van der Waals surface area (Å²) in [6, 6.07) is 6.83. The van der Waals surface area contributed by atoms with E-state index in [-0.39, 0.29) is 0 Å². The van der Waals surface area contributed by atoms with Crippen LogP contribution in [0, 0.1) is 0 Å². The number of benzene rings is 1. The second-order valence-corrected chi connectivity index (χ2v) is 3.31. The fourth-order valence-electron chi connectivity index (χ4n) is 1.33. The van der Waals surface area contributed by atoms with Crippen molar-refractivity contribution >= 4 is 5.91 Å². The molecule has 0 aliphatic rings. The number of carbonyl (C=O) groups excluding carboxylic acids is 1. The second kappa shape index (κ2) is 4.14. The fraction of sp³-hybridized carbons (Fsp3) is 0.182. The summed E-state index contributed by atoms with van der Waals surface area (Å²) >= 11 is 0. The fourth-order valence-corrected chi connectivity index (χ4v) is 1.33. The molecule has 2 aromatic rings. The third-order valence-corrected chi connectivity index (χ3v) is 2.18. The van der Waals surface area contributed by atoms with Crippen LogP contribution >= 0.6 is 0 Å². The molecular weight excluding hydrogens is 206 g/mol. The zero-order valence-electron chi connectivity index (χ0n) is 8.80. The van der Waals surface area contributed by atoms with E-state index in [0.717, 1.165) is 5.56 Å². The van der Waals surface area contributed by atoms with Gasteiger partial charge in [0.05, 0.1) is 0 Å². The van der Waals surface area contributed by atoms with Crippen molar-refractivity contribution in [1.82, 2.24) is 10.1 Å². The van der Waals surface area contributed by atoms with Crippen molar-refractivity contribution in [3.63, 3.8) is 0 Å². The van der Waals surface area contributed by atoms with E-state index in [2.05, 4.69) is 10.1 Å². The first-order valence-corrected chi connectivity index (χ1v) is 4.93. The highest BCUT2D eigenvalue weighted by Crippen LogP contribution is 2.17. The van der Waals surface area contributed by atoms with Gasteiger partial charge in [-0.2, -0.15) is 4.98 Å². The van der Waals surface area contributed by atoms with Crippen LogP contribution in [0.5, 0.6) is 0 Å². The maximum absolute atomic E-state index is 11.0. The Balaban J connectivity index is 2.40. The van der Waals surface area contributed by atoms with Gasteiger partial charge in [-0.15, -0.1) is 0 Å². The Bertz CT molecular complexity index is 519. The molecule has 2 N–H and O–H groups in total. The van der Waals surface area contributed by atoms with Crippen LogP contribution in [-0.2, 0) is 6.42 Å². The van der Waals surface area contributed by atoms with Gasteiger partial charge in [0, 0.05) is 17.5 Å². The molecular formula is C11H11N3O2. The summed E-state index contributed by atoms with van der Waals surface area (Å²) < 4.78 is 4.99. The Morgan fingerprint density at radius 3 is 2.94 bits per heavy atom. The molecule has 0 bridgehead atoms. The molecule has 0 aliphatic heterocycles. The van der Waals surface area contributed by atoms with Crippen molar-refractivity contribution in [3.05, 3.63) is 35.7 Å². The Morgan fingerprint density at radius 1 is 1.50 bits per heavy atom. The molecule has 82 valence electrons. The lowest BCUT2D eigenvalue weighted by molar-refractivity contribution is 0.100. The third kappa shape index (κ3) is 1.93. The Morgan fingerprint density at radius 2 is 2.31 bits per heavy atom. The SMILES string of the molecule is CCc1nc(-c2cccc(C(N)=O)c2)no1. The lowest BCUT2D eigenvalue weighted by Crippen LogP contribution is -2.10. The first kappa shape index (κ1) is 10.4. The predicted molar refractivity (Wildman–Crippen MR) is 57.6 cm³/mol. The zero-order valence-corrected chi connectivity index (χ0v) is 8.80. The van der Waals surface area contributed by atoms with Gasteiger partial charge in [-0.1, -0.05) is 24.2 Å². The summed E-state index contributed by atoms with van der Waals surface area (Å²) in [6.45, 7) is 1.93. The highest BCUT2D eigenvalue weighted by Gasteiger charge is 2.08. The van der Waals surface area contributed by atoms with E-state index < -0.39 is 5.91 Å². The summed E-state index contributed by atoms with van der Waals surface area (Å²) in [7, 11) is 0. The van der Waals surface area contributed by atoms with E-state index in [1.807, 2.05) is 6.92 Å². The van der Waals surface area contributed by atoms with Gasteiger partial charge in [-0.3, -0.25) is 4.79 Å². The molecule has 0 aliphatic carbocycles. The molecule has 0 saturated carbocycles. The number of primary amides is 1. The van der Waals surface area contributed by atoms with Crippen molar-refractivity contribution in [2.24, 2.45) is 5.73 Å². The lowest BCUT2D eigenvalue weighted by Gasteiger charge is -1.97. The Hall–Kier alpha value is -2.17. The maximum atomic E-state index is 11.0. The summed E-state index contributed by atoms with van der Waals surface area (Å²) in [4.78, 5) is 15.2. The van der Waals surface area contributed by atoms with Gasteiger partial charge in [0.25, 0.3) is 0 Å². The first-order valence-electron chi connectivity index (χ1n) is 4.93. The van der Waals surface area contributed by atoms with Crippen molar-refractivity contribution in [3.8, 4) is 11.4 Å². The number of amides is 1. The third-order valence-electron chi connectivity index (χ3n) is 2.18. The Kier molecular flexibility index (Phi) is 2.68. The van der Waals surface area contributed by atoms with E-state index in [4.69, 9.17) is 10.3 Å². The van der Waals surface area contributed by atoms with Gasteiger partial charge in [0.15, 0.2) is 0 Å². The normalized spacial score (nSPS) is 10.3. The molecule has 5 nitrogen and oxygen atoms in total. The van der Waals surface area contributed by atoms with Gasteiger partial charge in [0.1, 0.15) is 0 Å². The number of nitrogens with zero attached hydrogens (tertiary/aromatic N) is 2. The number of hydrogen-bond donors (Lipinski definition) is 1. The minimum absolute atomic E-state index is 0.431. The molecule has 1 aromatic carbocycles. The topological polar surface area (TPSA) is 82.0 Å². The summed E-state index contributed by atoms with van der Waals surface area (Å²) in [5.74, 6) is 0.570. The summed E-state index contributed by atoms with van der Waals surface area (Å²) in [5.41, 5.74) is 6.34. The van der Waals surface area contributed by atoms with Crippen molar-refractivity contribution < 1.29 is 9.32 Å². The molecule has 1 aromatic heterocycles. The van der Waals surface area contributed by atoms with Gasteiger partial charge >= 0.3 is 0 Å². The van der Waals surface area contributed by atoms with E-state index in [0.29, 0.717) is 23.7 Å².